The number of benzene rings is 9. The van der Waals surface area contributed by atoms with Crippen LogP contribution in [0.3, 0.4) is 0 Å². The highest BCUT2D eigenvalue weighted by molar-refractivity contribution is 6.71. The van der Waals surface area contributed by atoms with Crippen molar-refractivity contribution in [2.75, 3.05) is 0 Å². The van der Waals surface area contributed by atoms with Gasteiger partial charge in [0.2, 0.25) is 0 Å². The summed E-state index contributed by atoms with van der Waals surface area (Å²) in [5.74, 6) is 0. The Morgan fingerprint density at radius 1 is 0.383 bits per heavy atom. The topological polar surface area (TPSA) is 13.1 Å². The van der Waals surface area contributed by atoms with Crippen LogP contribution < -0.4 is 43.7 Å². The SMILES string of the molecule is [B]c1c([B])c([B])c2c(-c3ccc4oc5ccc6ccccc6c5c4c3)c3c([B])c([B])c([B])c([B])c3c(-c3cccc(-c4cccc5c4C(C)(C)c4ccccc4-5)c3)c2c1[B]. The minimum atomic E-state index is -0.247. The molecular weight excluding hydrogens is 715 g/mol. The van der Waals surface area contributed by atoms with Crippen LogP contribution in [0.5, 0.6) is 0 Å². The van der Waals surface area contributed by atoms with Crippen LogP contribution in [0.15, 0.2) is 126 Å². The maximum atomic E-state index is 7.13. The third kappa shape index (κ3) is 4.93. The van der Waals surface area contributed by atoms with Gasteiger partial charge in [0.15, 0.2) is 0 Å². The molecule has 0 spiro atoms. The largest absolute Gasteiger partial charge is 0.456 e. The second kappa shape index (κ2) is 13.0. The van der Waals surface area contributed by atoms with Gasteiger partial charge >= 0.3 is 0 Å². The highest BCUT2D eigenvalue weighted by Crippen LogP contribution is 2.52. The summed E-state index contributed by atoms with van der Waals surface area (Å²) in [7, 11) is 55.5. The van der Waals surface area contributed by atoms with Crippen molar-refractivity contribution in [3.63, 3.8) is 0 Å². The average molecular weight is 741 g/mol. The lowest BCUT2D eigenvalue weighted by molar-refractivity contribution is 0.662. The molecule has 260 valence electrons. The van der Waals surface area contributed by atoms with Gasteiger partial charge in [-0.15, -0.1) is 21.9 Å². The lowest BCUT2D eigenvalue weighted by Crippen LogP contribution is -2.50. The molecule has 0 bridgehead atoms. The van der Waals surface area contributed by atoms with Crippen molar-refractivity contribution in [2.45, 2.75) is 19.3 Å². The Morgan fingerprint density at radius 2 is 0.900 bits per heavy atom. The molecular formula is C51H26B8O. The zero-order valence-electron chi connectivity index (χ0n) is 33.1. The van der Waals surface area contributed by atoms with Crippen LogP contribution in [-0.2, 0) is 5.41 Å². The van der Waals surface area contributed by atoms with Crippen molar-refractivity contribution in [1.29, 1.82) is 0 Å². The lowest BCUT2D eigenvalue weighted by Gasteiger charge is -2.29. The highest BCUT2D eigenvalue weighted by atomic mass is 16.3. The maximum Gasteiger partial charge on any atom is 0.136 e. The zero-order valence-corrected chi connectivity index (χ0v) is 33.1. The van der Waals surface area contributed by atoms with Gasteiger partial charge in [-0.25, -0.2) is 0 Å². The first-order chi connectivity index (χ1) is 28.9. The van der Waals surface area contributed by atoms with E-state index in [9.17, 15) is 0 Å². The summed E-state index contributed by atoms with van der Waals surface area (Å²) >= 11 is 0. The Bertz CT molecular complexity index is 3480. The van der Waals surface area contributed by atoms with Gasteiger partial charge in [0, 0.05) is 16.2 Å². The molecule has 9 aromatic carbocycles. The molecule has 1 aliphatic carbocycles. The zero-order chi connectivity index (χ0) is 41.5. The molecule has 0 saturated carbocycles. The Labute approximate surface area is 359 Å². The number of hydrogen-bond acceptors (Lipinski definition) is 1. The van der Waals surface area contributed by atoms with Gasteiger partial charge in [0.25, 0.3) is 0 Å². The Kier molecular flexibility index (Phi) is 8.06. The third-order valence-electron chi connectivity index (χ3n) is 13.0. The Balaban J connectivity index is 1.27. The minimum absolute atomic E-state index is 0.165. The molecule has 0 atom stereocenters. The predicted molar refractivity (Wildman–Crippen MR) is 263 cm³/mol. The molecule has 0 saturated heterocycles. The summed E-state index contributed by atoms with van der Waals surface area (Å²) < 4.78 is 6.40. The molecule has 1 aliphatic rings. The standard InChI is InChI=1S/C51H26B8O/c1-51(2)32-16-6-5-13-29(32)30-15-8-14-28(42(30)51)24-10-7-11-25(21-24)35-38-40(45(54)49(58)47(56)43(38)52)36(41-39(35)44(53)48(57)50(59)46(41)55)26-18-19-33-31(22-26)37-27-12-4-3-9-23(27)17-20-34(37)60-33/h3-22H,1-2H3. The monoisotopic (exact) mass is 742 g/mol. The first-order valence-electron chi connectivity index (χ1n) is 19.8. The van der Waals surface area contributed by atoms with E-state index in [1.54, 1.807) is 0 Å². The summed E-state index contributed by atoms with van der Waals surface area (Å²) in [5, 5.41) is 6.32. The smallest absolute Gasteiger partial charge is 0.136 e. The molecule has 10 aromatic rings. The predicted octanol–water partition coefficient (Wildman–Crippen LogP) is 4.70. The average Bonchev–Trinajstić information content (AvgIpc) is 3.77. The molecule has 0 aliphatic heterocycles. The first kappa shape index (κ1) is 37.1. The molecule has 1 heterocycles. The van der Waals surface area contributed by atoms with Gasteiger partial charge in [-0.3, -0.25) is 0 Å². The van der Waals surface area contributed by atoms with E-state index in [0.29, 0.717) is 32.7 Å². The van der Waals surface area contributed by atoms with E-state index in [-0.39, 0.29) is 49.1 Å². The van der Waals surface area contributed by atoms with Gasteiger partial charge in [-0.05, 0) is 112 Å². The van der Waals surface area contributed by atoms with Gasteiger partial charge in [-0.1, -0.05) is 133 Å². The summed E-state index contributed by atoms with van der Waals surface area (Å²) in [6.45, 7) is 4.56. The second-order valence-electron chi connectivity index (χ2n) is 16.5. The highest BCUT2D eigenvalue weighted by Gasteiger charge is 2.37. The van der Waals surface area contributed by atoms with Crippen LogP contribution >= 0.6 is 0 Å². The van der Waals surface area contributed by atoms with Crippen molar-refractivity contribution in [1.82, 2.24) is 0 Å². The molecule has 11 rings (SSSR count). The second-order valence-corrected chi connectivity index (χ2v) is 16.5. The number of furan rings is 1. The van der Waals surface area contributed by atoms with Crippen LogP contribution in [-0.4, -0.2) is 62.8 Å². The van der Waals surface area contributed by atoms with Crippen molar-refractivity contribution in [2.24, 2.45) is 0 Å². The maximum absolute atomic E-state index is 7.13. The van der Waals surface area contributed by atoms with Crippen LogP contribution in [0, 0.1) is 0 Å². The van der Waals surface area contributed by atoms with E-state index in [1.165, 1.54) is 22.3 Å². The van der Waals surface area contributed by atoms with Gasteiger partial charge in [0.1, 0.15) is 73.9 Å². The van der Waals surface area contributed by atoms with Crippen LogP contribution in [0.4, 0.5) is 0 Å². The fraction of sp³-hybridized carbons (Fsp3) is 0.0588. The van der Waals surface area contributed by atoms with Crippen molar-refractivity contribution >= 4 is 161 Å². The number of fused-ring (bicyclic) bond motifs is 10. The van der Waals surface area contributed by atoms with E-state index in [0.717, 1.165) is 55.0 Å². The van der Waals surface area contributed by atoms with Crippen molar-refractivity contribution < 1.29 is 4.42 Å². The van der Waals surface area contributed by atoms with Gasteiger partial charge < -0.3 is 4.42 Å². The van der Waals surface area contributed by atoms with E-state index in [1.807, 2.05) is 42.5 Å². The van der Waals surface area contributed by atoms with E-state index < -0.39 is 0 Å². The molecule has 9 heteroatoms. The van der Waals surface area contributed by atoms with E-state index in [4.69, 9.17) is 67.2 Å². The Hall–Kier alpha value is -5.92. The number of rotatable bonds is 3. The third-order valence-corrected chi connectivity index (χ3v) is 13.0. The molecule has 1 nitrogen and oxygen atoms in total. The fourth-order valence-electron chi connectivity index (χ4n) is 10.2. The van der Waals surface area contributed by atoms with E-state index in [2.05, 4.69) is 92.7 Å². The minimum Gasteiger partial charge on any atom is -0.456 e. The first-order valence-corrected chi connectivity index (χ1v) is 19.8. The van der Waals surface area contributed by atoms with Crippen molar-refractivity contribution in [3.8, 4) is 44.5 Å². The molecule has 1 aromatic heterocycles. The quantitative estimate of drug-likeness (QED) is 0.189. The van der Waals surface area contributed by atoms with Crippen molar-refractivity contribution in [3.05, 3.63) is 132 Å². The lowest BCUT2D eigenvalue weighted by atomic mass is 9.59. The summed E-state index contributed by atoms with van der Waals surface area (Å²) in [5.41, 5.74) is 12.9. The van der Waals surface area contributed by atoms with Gasteiger partial charge in [0.05, 0.1) is 0 Å². The summed E-state index contributed by atoms with van der Waals surface area (Å²) in [4.78, 5) is 0. The molecule has 0 N–H and O–H groups in total. The Morgan fingerprint density at radius 3 is 1.57 bits per heavy atom. The van der Waals surface area contributed by atoms with Crippen LogP contribution in [0.25, 0.3) is 98.8 Å². The summed E-state index contributed by atoms with van der Waals surface area (Å²) in [6, 6.07) is 41.8. The van der Waals surface area contributed by atoms with Crippen LogP contribution in [0.1, 0.15) is 25.0 Å². The van der Waals surface area contributed by atoms with Crippen LogP contribution in [0.2, 0.25) is 0 Å². The normalized spacial score (nSPS) is 13.2. The summed E-state index contributed by atoms with van der Waals surface area (Å²) in [6.07, 6.45) is 0. The molecule has 16 radical (unpaired) electrons. The van der Waals surface area contributed by atoms with E-state index >= 15 is 0 Å². The fourth-order valence-corrected chi connectivity index (χ4v) is 10.2. The molecule has 0 fully saturated rings. The molecule has 0 amide bonds. The van der Waals surface area contributed by atoms with Gasteiger partial charge in [-0.2, -0.15) is 0 Å². The number of hydrogen-bond donors (Lipinski definition) is 0. The molecule has 0 unspecified atom stereocenters. The molecule has 60 heavy (non-hydrogen) atoms.